The Balaban J connectivity index is 1.65. The summed E-state index contributed by atoms with van der Waals surface area (Å²) in [7, 11) is 0. The van der Waals surface area contributed by atoms with Crippen LogP contribution in [0.4, 0.5) is 0 Å². The van der Waals surface area contributed by atoms with Crippen molar-refractivity contribution in [3.05, 3.63) is 0 Å². The summed E-state index contributed by atoms with van der Waals surface area (Å²) in [5, 5.41) is 3.77. The first-order chi connectivity index (χ1) is 8.79. The summed E-state index contributed by atoms with van der Waals surface area (Å²) in [6.45, 7) is 6.36. The lowest BCUT2D eigenvalue weighted by atomic mass is 9.73. The minimum Gasteiger partial charge on any atom is -0.381 e. The van der Waals surface area contributed by atoms with Crippen LogP contribution in [0.25, 0.3) is 0 Å². The van der Waals surface area contributed by atoms with Crippen molar-refractivity contribution >= 4 is 0 Å². The monoisotopic (exact) mass is 253 g/mol. The van der Waals surface area contributed by atoms with Crippen LogP contribution in [0.1, 0.15) is 45.4 Å². The van der Waals surface area contributed by atoms with E-state index in [2.05, 4.69) is 12.2 Å². The highest BCUT2D eigenvalue weighted by atomic mass is 16.5. The van der Waals surface area contributed by atoms with Crippen LogP contribution in [-0.4, -0.2) is 38.0 Å². The molecule has 3 unspecified atom stereocenters. The van der Waals surface area contributed by atoms with Crippen LogP contribution in [0.2, 0.25) is 0 Å². The van der Waals surface area contributed by atoms with Gasteiger partial charge in [-0.3, -0.25) is 0 Å². The quantitative estimate of drug-likeness (QED) is 0.778. The smallest absolute Gasteiger partial charge is 0.0729 e. The summed E-state index contributed by atoms with van der Waals surface area (Å²) in [5.41, 5.74) is 0.153. The molecule has 3 saturated heterocycles. The molecule has 0 aromatic heterocycles. The molecule has 3 fully saturated rings. The van der Waals surface area contributed by atoms with Gasteiger partial charge in [-0.25, -0.2) is 0 Å². The standard InChI is InChI=1S/C15H27NO2/c1-12-3-2-7-16-14(12)13-4-8-18-15(11-13)5-9-17-10-6-15/h12-14,16H,2-11H2,1H3. The first-order valence-electron chi connectivity index (χ1n) is 7.74. The van der Waals surface area contributed by atoms with Crippen LogP contribution >= 0.6 is 0 Å². The van der Waals surface area contributed by atoms with Crippen molar-refractivity contribution in [2.75, 3.05) is 26.4 Å². The van der Waals surface area contributed by atoms with E-state index >= 15 is 0 Å². The Labute approximate surface area is 111 Å². The number of hydrogen-bond acceptors (Lipinski definition) is 3. The molecule has 3 aliphatic heterocycles. The second-order valence-electron chi connectivity index (χ2n) is 6.50. The van der Waals surface area contributed by atoms with Gasteiger partial charge in [-0.15, -0.1) is 0 Å². The number of hydrogen-bond donors (Lipinski definition) is 1. The van der Waals surface area contributed by atoms with Crippen molar-refractivity contribution in [3.63, 3.8) is 0 Å². The van der Waals surface area contributed by atoms with Crippen LogP contribution in [0.3, 0.4) is 0 Å². The second kappa shape index (κ2) is 5.48. The van der Waals surface area contributed by atoms with Gasteiger partial charge >= 0.3 is 0 Å². The fraction of sp³-hybridized carbons (Fsp3) is 1.00. The third-order valence-corrected chi connectivity index (χ3v) is 5.27. The molecule has 0 bridgehead atoms. The third-order valence-electron chi connectivity index (χ3n) is 5.27. The Bertz CT molecular complexity index is 270. The van der Waals surface area contributed by atoms with E-state index < -0.39 is 0 Å². The van der Waals surface area contributed by atoms with Crippen LogP contribution < -0.4 is 5.32 Å². The zero-order chi connectivity index (χ0) is 12.4. The zero-order valence-electron chi connectivity index (χ0n) is 11.6. The fourth-order valence-corrected chi connectivity index (χ4v) is 4.17. The highest BCUT2D eigenvalue weighted by Crippen LogP contribution is 2.40. The van der Waals surface area contributed by atoms with Gasteiger partial charge in [0.15, 0.2) is 0 Å². The van der Waals surface area contributed by atoms with Crippen molar-refractivity contribution in [2.45, 2.75) is 57.1 Å². The lowest BCUT2D eigenvalue weighted by molar-refractivity contribution is -0.152. The molecule has 0 aromatic rings. The van der Waals surface area contributed by atoms with Crippen LogP contribution in [0, 0.1) is 11.8 Å². The summed E-state index contributed by atoms with van der Waals surface area (Å²) >= 11 is 0. The van der Waals surface area contributed by atoms with E-state index in [4.69, 9.17) is 9.47 Å². The van der Waals surface area contributed by atoms with Gasteiger partial charge < -0.3 is 14.8 Å². The second-order valence-corrected chi connectivity index (χ2v) is 6.50. The van der Waals surface area contributed by atoms with E-state index in [0.717, 1.165) is 50.5 Å². The van der Waals surface area contributed by atoms with Gasteiger partial charge in [-0.1, -0.05) is 6.92 Å². The maximum atomic E-state index is 6.15. The predicted molar refractivity (Wildman–Crippen MR) is 71.6 cm³/mol. The predicted octanol–water partition coefficient (Wildman–Crippen LogP) is 2.35. The maximum absolute atomic E-state index is 6.15. The highest BCUT2D eigenvalue weighted by molar-refractivity contribution is 4.94. The van der Waals surface area contributed by atoms with Gasteiger partial charge in [-0.05, 0) is 56.9 Å². The molecule has 3 nitrogen and oxygen atoms in total. The van der Waals surface area contributed by atoms with Crippen LogP contribution in [0.15, 0.2) is 0 Å². The van der Waals surface area contributed by atoms with Gasteiger partial charge in [0.2, 0.25) is 0 Å². The average molecular weight is 253 g/mol. The van der Waals surface area contributed by atoms with E-state index in [0.29, 0.717) is 0 Å². The number of piperidine rings is 1. The summed E-state index contributed by atoms with van der Waals surface area (Å²) in [4.78, 5) is 0. The molecule has 0 amide bonds. The molecule has 18 heavy (non-hydrogen) atoms. The van der Waals surface area contributed by atoms with Gasteiger partial charge in [0.25, 0.3) is 0 Å². The minimum atomic E-state index is 0.153. The topological polar surface area (TPSA) is 30.5 Å². The van der Waals surface area contributed by atoms with Crippen molar-refractivity contribution in [2.24, 2.45) is 11.8 Å². The molecule has 3 heterocycles. The molecule has 1 N–H and O–H groups in total. The van der Waals surface area contributed by atoms with E-state index in [1.165, 1.54) is 32.2 Å². The molecule has 0 aliphatic carbocycles. The van der Waals surface area contributed by atoms with Crippen LogP contribution in [0.5, 0.6) is 0 Å². The minimum absolute atomic E-state index is 0.153. The third kappa shape index (κ3) is 2.59. The normalized spacial score (nSPS) is 40.8. The van der Waals surface area contributed by atoms with E-state index in [-0.39, 0.29) is 5.60 Å². The maximum Gasteiger partial charge on any atom is 0.0729 e. The van der Waals surface area contributed by atoms with Crippen LogP contribution in [-0.2, 0) is 9.47 Å². The van der Waals surface area contributed by atoms with E-state index in [1.54, 1.807) is 0 Å². The first kappa shape index (κ1) is 12.9. The summed E-state index contributed by atoms with van der Waals surface area (Å²) < 4.78 is 11.7. The average Bonchev–Trinajstić information content (AvgIpc) is 2.40. The fourth-order valence-electron chi connectivity index (χ4n) is 4.17. The van der Waals surface area contributed by atoms with Crippen molar-refractivity contribution in [1.82, 2.24) is 5.32 Å². The molecular weight excluding hydrogens is 226 g/mol. The molecule has 3 aliphatic rings. The van der Waals surface area contributed by atoms with Gasteiger partial charge in [0.1, 0.15) is 0 Å². The molecule has 0 saturated carbocycles. The van der Waals surface area contributed by atoms with Crippen molar-refractivity contribution in [3.8, 4) is 0 Å². The Morgan fingerprint density at radius 2 is 1.94 bits per heavy atom. The van der Waals surface area contributed by atoms with Gasteiger partial charge in [-0.2, -0.15) is 0 Å². The van der Waals surface area contributed by atoms with Gasteiger partial charge in [0.05, 0.1) is 5.60 Å². The molecule has 3 rings (SSSR count). The molecule has 104 valence electrons. The highest BCUT2D eigenvalue weighted by Gasteiger charge is 2.42. The van der Waals surface area contributed by atoms with E-state index in [1.807, 2.05) is 0 Å². The summed E-state index contributed by atoms with van der Waals surface area (Å²) in [5.74, 6) is 1.64. The zero-order valence-corrected chi connectivity index (χ0v) is 11.6. The lowest BCUT2D eigenvalue weighted by Crippen LogP contribution is -2.52. The summed E-state index contributed by atoms with van der Waals surface area (Å²) in [6, 6.07) is 0.724. The Kier molecular flexibility index (Phi) is 3.92. The Morgan fingerprint density at radius 3 is 2.72 bits per heavy atom. The first-order valence-corrected chi connectivity index (χ1v) is 7.74. The Morgan fingerprint density at radius 1 is 1.11 bits per heavy atom. The molecule has 0 aromatic carbocycles. The molecule has 0 radical (unpaired) electrons. The van der Waals surface area contributed by atoms with Crippen molar-refractivity contribution < 1.29 is 9.47 Å². The molecule has 3 heteroatoms. The SMILES string of the molecule is CC1CCCNC1C1CCOC2(CCOCC2)C1. The molecule has 1 spiro atoms. The number of nitrogens with one attached hydrogen (secondary N) is 1. The molecular formula is C15H27NO2. The van der Waals surface area contributed by atoms with Crippen molar-refractivity contribution in [1.29, 1.82) is 0 Å². The Hall–Kier alpha value is -0.120. The number of rotatable bonds is 1. The lowest BCUT2D eigenvalue weighted by Gasteiger charge is -2.47. The summed E-state index contributed by atoms with van der Waals surface area (Å²) in [6.07, 6.45) is 7.43. The van der Waals surface area contributed by atoms with E-state index in [9.17, 15) is 0 Å². The van der Waals surface area contributed by atoms with Gasteiger partial charge in [0, 0.05) is 25.9 Å². The largest absolute Gasteiger partial charge is 0.381 e. The molecule has 3 atom stereocenters. The number of ether oxygens (including phenoxy) is 2.